The molecule has 0 spiro atoms. The maximum absolute atomic E-state index is 12.5. The Morgan fingerprint density at radius 2 is 1.54 bits per heavy atom. The predicted octanol–water partition coefficient (Wildman–Crippen LogP) is 3.83. The maximum Gasteiger partial charge on any atom is 0.267 e. The third-order valence-electron chi connectivity index (χ3n) is 3.44. The number of halogens is 2. The zero-order chi connectivity index (χ0) is 18.9. The van der Waals surface area contributed by atoms with Gasteiger partial charge in [0.25, 0.3) is 20.0 Å². The molecule has 0 unspecified atom stereocenters. The molecule has 0 aliphatic heterocycles. The molecule has 1 heterocycles. The molecule has 3 rings (SSSR count). The lowest BCUT2D eigenvalue weighted by molar-refractivity contribution is 0.587. The van der Waals surface area contributed by atoms with E-state index < -0.39 is 20.0 Å². The highest BCUT2D eigenvalue weighted by atomic mass is 35.5. The van der Waals surface area contributed by atoms with Crippen molar-refractivity contribution in [1.29, 1.82) is 0 Å². The monoisotopic (exact) mass is 430 g/mol. The summed E-state index contributed by atoms with van der Waals surface area (Å²) in [6.45, 7) is 0. The number of rotatable bonds is 5. The Hall–Kier alpha value is -2.00. The molecule has 0 bridgehead atoms. The topological polar surface area (TPSA) is 85.2 Å². The van der Waals surface area contributed by atoms with Gasteiger partial charge in [-0.15, -0.1) is 0 Å². The highest BCUT2D eigenvalue weighted by Gasteiger charge is 2.22. The van der Waals surface area contributed by atoms with Crippen LogP contribution in [0, 0.1) is 0 Å². The molecule has 0 aliphatic carbocycles. The Labute approximate surface area is 161 Å². The largest absolute Gasteiger partial charge is 0.278 e. The van der Waals surface area contributed by atoms with Crippen LogP contribution in [-0.4, -0.2) is 20.8 Å². The molecule has 0 atom stereocenters. The summed E-state index contributed by atoms with van der Waals surface area (Å²) in [5.41, 5.74) is 0.134. The minimum Gasteiger partial charge on any atom is -0.278 e. The van der Waals surface area contributed by atoms with Gasteiger partial charge in [0.05, 0.1) is 15.6 Å². The molecule has 1 aromatic heterocycles. The summed E-state index contributed by atoms with van der Waals surface area (Å²) in [6.07, 6.45) is 2.19. The molecular weight excluding hydrogens is 419 g/mol. The van der Waals surface area contributed by atoms with Gasteiger partial charge in [-0.05, 0) is 36.4 Å². The van der Waals surface area contributed by atoms with Crippen molar-refractivity contribution in [2.75, 3.05) is 4.72 Å². The predicted molar refractivity (Wildman–Crippen MR) is 101 cm³/mol. The summed E-state index contributed by atoms with van der Waals surface area (Å²) in [6, 6.07) is 13.2. The van der Waals surface area contributed by atoms with E-state index in [9.17, 15) is 16.8 Å². The minimum absolute atomic E-state index is 0.0493. The van der Waals surface area contributed by atoms with E-state index in [2.05, 4.69) is 4.72 Å². The van der Waals surface area contributed by atoms with Crippen molar-refractivity contribution < 1.29 is 16.8 Å². The average Bonchev–Trinajstić information content (AvgIpc) is 3.10. The van der Waals surface area contributed by atoms with E-state index in [0.29, 0.717) is 5.02 Å². The molecule has 1 N–H and O–H groups in total. The molecule has 3 aromatic rings. The Balaban J connectivity index is 1.94. The third kappa shape index (κ3) is 3.73. The number of nitrogens with one attached hydrogen (secondary N) is 1. The van der Waals surface area contributed by atoms with Crippen LogP contribution in [0.5, 0.6) is 0 Å². The molecule has 6 nitrogen and oxygen atoms in total. The van der Waals surface area contributed by atoms with Crippen LogP contribution in [0.4, 0.5) is 5.69 Å². The number of sulfonamides is 1. The first kappa shape index (κ1) is 18.8. The molecular formula is C16H12Cl2N2O4S2. The number of aromatic nitrogens is 1. The fourth-order valence-corrected chi connectivity index (χ4v) is 5.03. The van der Waals surface area contributed by atoms with E-state index in [4.69, 9.17) is 23.2 Å². The second kappa shape index (κ2) is 6.96. The Kier molecular flexibility index (Phi) is 5.03. The first-order valence-corrected chi connectivity index (χ1v) is 10.8. The Bertz CT molecular complexity index is 1160. The van der Waals surface area contributed by atoms with E-state index in [0.717, 1.165) is 10.2 Å². The van der Waals surface area contributed by atoms with Crippen molar-refractivity contribution in [2.24, 2.45) is 0 Å². The minimum atomic E-state index is -4.03. The zero-order valence-electron chi connectivity index (χ0n) is 13.0. The van der Waals surface area contributed by atoms with Crippen molar-refractivity contribution >= 4 is 48.9 Å². The van der Waals surface area contributed by atoms with Crippen molar-refractivity contribution in [3.63, 3.8) is 0 Å². The molecule has 0 amide bonds. The molecule has 0 aliphatic rings. The van der Waals surface area contributed by atoms with Gasteiger partial charge in [-0.1, -0.05) is 41.4 Å². The van der Waals surface area contributed by atoms with E-state index in [1.165, 1.54) is 42.6 Å². The summed E-state index contributed by atoms with van der Waals surface area (Å²) in [5.74, 6) is 0. The molecule has 2 aromatic carbocycles. The fraction of sp³-hybridized carbons (Fsp3) is 0. The lowest BCUT2D eigenvalue weighted by Gasteiger charge is -2.09. The Morgan fingerprint density at radius 1 is 0.846 bits per heavy atom. The lowest BCUT2D eigenvalue weighted by atomic mass is 10.3. The molecule has 136 valence electrons. The quantitative estimate of drug-likeness (QED) is 0.666. The highest BCUT2D eigenvalue weighted by Crippen LogP contribution is 2.28. The van der Waals surface area contributed by atoms with Crippen LogP contribution in [0.1, 0.15) is 0 Å². The lowest BCUT2D eigenvalue weighted by Crippen LogP contribution is -2.14. The normalized spacial score (nSPS) is 12.1. The number of nitrogens with zero attached hydrogens (tertiary/aromatic N) is 1. The first-order valence-electron chi connectivity index (χ1n) is 7.17. The summed E-state index contributed by atoms with van der Waals surface area (Å²) >= 11 is 11.8. The Morgan fingerprint density at radius 3 is 2.19 bits per heavy atom. The average molecular weight is 431 g/mol. The maximum atomic E-state index is 12.5. The number of anilines is 1. The summed E-state index contributed by atoms with van der Waals surface area (Å²) in [7, 11) is -7.92. The van der Waals surface area contributed by atoms with Gasteiger partial charge in [-0.2, -0.15) is 0 Å². The highest BCUT2D eigenvalue weighted by molar-refractivity contribution is 7.93. The van der Waals surface area contributed by atoms with E-state index in [1.807, 2.05) is 0 Å². The van der Waals surface area contributed by atoms with Gasteiger partial charge < -0.3 is 0 Å². The van der Waals surface area contributed by atoms with Crippen molar-refractivity contribution in [3.05, 3.63) is 77.0 Å². The van der Waals surface area contributed by atoms with Crippen LogP contribution in [0.25, 0.3) is 0 Å². The zero-order valence-corrected chi connectivity index (χ0v) is 16.1. The van der Waals surface area contributed by atoms with Crippen LogP contribution in [0.2, 0.25) is 10.0 Å². The van der Waals surface area contributed by atoms with E-state index in [1.54, 1.807) is 18.2 Å². The summed E-state index contributed by atoms with van der Waals surface area (Å²) in [5, 5.41) is 0.482. The van der Waals surface area contributed by atoms with Crippen LogP contribution < -0.4 is 4.72 Å². The number of benzene rings is 2. The molecule has 0 saturated heterocycles. The fourth-order valence-electron chi connectivity index (χ4n) is 2.16. The third-order valence-corrected chi connectivity index (χ3v) is 6.99. The van der Waals surface area contributed by atoms with Crippen LogP contribution in [0.15, 0.2) is 76.8 Å². The van der Waals surface area contributed by atoms with Crippen molar-refractivity contribution in [2.45, 2.75) is 9.79 Å². The molecule has 0 fully saturated rings. The summed E-state index contributed by atoms with van der Waals surface area (Å²) < 4.78 is 53.2. The van der Waals surface area contributed by atoms with Gasteiger partial charge in [0.2, 0.25) is 0 Å². The molecule has 0 radical (unpaired) electrons. The molecule has 26 heavy (non-hydrogen) atoms. The molecule has 10 heteroatoms. The van der Waals surface area contributed by atoms with Gasteiger partial charge in [0.15, 0.2) is 0 Å². The van der Waals surface area contributed by atoms with Crippen molar-refractivity contribution in [3.8, 4) is 0 Å². The number of hydrogen-bond donors (Lipinski definition) is 1. The molecule has 0 saturated carbocycles. The van der Waals surface area contributed by atoms with Crippen LogP contribution in [0.3, 0.4) is 0 Å². The van der Waals surface area contributed by atoms with Gasteiger partial charge in [0.1, 0.15) is 4.90 Å². The smallest absolute Gasteiger partial charge is 0.267 e. The van der Waals surface area contributed by atoms with Crippen LogP contribution >= 0.6 is 23.2 Å². The van der Waals surface area contributed by atoms with Gasteiger partial charge in [-0.25, -0.2) is 20.8 Å². The van der Waals surface area contributed by atoms with Crippen molar-refractivity contribution in [1.82, 2.24) is 3.97 Å². The standard InChI is InChI=1S/C16H12Cl2N2O4S2/c17-12-6-7-16(15(18)10-12)19-25(21,22)14-8-9-20(11-14)26(23,24)13-4-2-1-3-5-13/h1-11,19H. The van der Waals surface area contributed by atoms with E-state index >= 15 is 0 Å². The second-order valence-corrected chi connectivity index (χ2v) is 9.59. The van der Waals surface area contributed by atoms with Crippen LogP contribution in [-0.2, 0) is 20.0 Å². The first-order chi connectivity index (χ1) is 12.2. The van der Waals surface area contributed by atoms with E-state index in [-0.39, 0.29) is 20.5 Å². The van der Waals surface area contributed by atoms with Gasteiger partial charge >= 0.3 is 0 Å². The van der Waals surface area contributed by atoms with Gasteiger partial charge in [0, 0.05) is 17.4 Å². The second-order valence-electron chi connectivity index (χ2n) is 5.22. The number of hydrogen-bond acceptors (Lipinski definition) is 4. The van der Waals surface area contributed by atoms with Gasteiger partial charge in [-0.3, -0.25) is 4.72 Å². The SMILES string of the molecule is O=S(=O)(Nc1ccc(Cl)cc1Cl)c1ccn(S(=O)(=O)c2ccccc2)c1. The summed E-state index contributed by atoms with van der Waals surface area (Å²) in [4.78, 5) is -0.170.